The zero-order chi connectivity index (χ0) is 14.8. The molecule has 110 valence electrons. The summed E-state index contributed by atoms with van der Waals surface area (Å²) in [5, 5.41) is 3.58. The molecule has 0 bridgehead atoms. The zero-order valence-corrected chi connectivity index (χ0v) is 13.6. The van der Waals surface area contributed by atoms with Crippen molar-refractivity contribution < 1.29 is 0 Å². The largest absolute Gasteiger partial charge is 0.330 e. The number of rotatable bonds is 5. The number of nitrogens with one attached hydrogen (secondary N) is 1. The van der Waals surface area contributed by atoms with Gasteiger partial charge in [-0.3, -0.25) is 0 Å². The molecule has 0 aliphatic carbocycles. The first-order valence-electron chi connectivity index (χ1n) is 7.41. The highest BCUT2D eigenvalue weighted by atomic mass is 32.1. The van der Waals surface area contributed by atoms with Gasteiger partial charge in [-0.05, 0) is 37.6 Å². The minimum atomic E-state index is 0.231. The third-order valence-electron chi connectivity index (χ3n) is 3.86. The lowest BCUT2D eigenvalue weighted by Gasteiger charge is -2.13. The molecule has 3 aromatic rings. The van der Waals surface area contributed by atoms with Crippen LogP contribution in [0.25, 0.3) is 11.0 Å². The summed E-state index contributed by atoms with van der Waals surface area (Å²) in [6, 6.07) is 13.0. The maximum atomic E-state index is 4.75. The summed E-state index contributed by atoms with van der Waals surface area (Å²) in [5.74, 6) is 1.09. The lowest BCUT2D eigenvalue weighted by molar-refractivity contribution is 0.536. The lowest BCUT2D eigenvalue weighted by atomic mass is 10.3. The van der Waals surface area contributed by atoms with Crippen LogP contribution in [-0.2, 0) is 20.0 Å². The second-order valence-electron chi connectivity index (χ2n) is 5.34. The number of hydrogen-bond acceptors (Lipinski definition) is 3. The number of aryl methyl sites for hydroxylation is 2. The van der Waals surface area contributed by atoms with E-state index in [2.05, 4.69) is 61.1 Å². The average molecular weight is 299 g/mol. The van der Waals surface area contributed by atoms with Gasteiger partial charge in [-0.25, -0.2) is 4.98 Å². The Morgan fingerprint density at radius 2 is 1.95 bits per heavy atom. The van der Waals surface area contributed by atoms with Crippen molar-refractivity contribution in [3.05, 3.63) is 52.0 Å². The van der Waals surface area contributed by atoms with Crippen LogP contribution in [0.5, 0.6) is 0 Å². The second kappa shape index (κ2) is 6.00. The number of nitrogens with zero attached hydrogens (tertiary/aromatic N) is 2. The SMILES string of the molecule is CCc1ccc(CNC(C)c2nc3ccccc3n2C)s1. The van der Waals surface area contributed by atoms with Crippen LogP contribution in [-0.4, -0.2) is 9.55 Å². The molecule has 0 radical (unpaired) electrons. The first kappa shape index (κ1) is 14.3. The molecule has 0 saturated heterocycles. The van der Waals surface area contributed by atoms with Gasteiger partial charge in [-0.1, -0.05) is 19.1 Å². The smallest absolute Gasteiger partial charge is 0.126 e. The summed E-state index contributed by atoms with van der Waals surface area (Å²) in [4.78, 5) is 7.58. The monoisotopic (exact) mass is 299 g/mol. The fraction of sp³-hybridized carbons (Fsp3) is 0.353. The quantitative estimate of drug-likeness (QED) is 0.770. The van der Waals surface area contributed by atoms with Crippen molar-refractivity contribution in [1.82, 2.24) is 14.9 Å². The Labute approximate surface area is 129 Å². The molecule has 1 unspecified atom stereocenters. The van der Waals surface area contributed by atoms with E-state index in [0.29, 0.717) is 0 Å². The predicted octanol–water partition coefficient (Wildman–Crippen LogP) is 4.05. The first-order valence-corrected chi connectivity index (χ1v) is 8.23. The number of benzene rings is 1. The minimum Gasteiger partial charge on any atom is -0.330 e. The van der Waals surface area contributed by atoms with E-state index in [-0.39, 0.29) is 6.04 Å². The molecule has 1 N–H and O–H groups in total. The van der Waals surface area contributed by atoms with Gasteiger partial charge in [0.25, 0.3) is 0 Å². The van der Waals surface area contributed by atoms with Gasteiger partial charge in [0.05, 0.1) is 17.1 Å². The molecule has 3 rings (SSSR count). The topological polar surface area (TPSA) is 29.9 Å². The number of para-hydroxylation sites is 2. The Morgan fingerprint density at radius 1 is 1.19 bits per heavy atom. The van der Waals surface area contributed by atoms with Crippen LogP contribution in [0, 0.1) is 0 Å². The zero-order valence-electron chi connectivity index (χ0n) is 12.8. The van der Waals surface area contributed by atoms with Gasteiger partial charge in [0, 0.05) is 23.3 Å². The maximum Gasteiger partial charge on any atom is 0.126 e. The van der Waals surface area contributed by atoms with Gasteiger partial charge in [0.15, 0.2) is 0 Å². The Balaban J connectivity index is 1.74. The van der Waals surface area contributed by atoms with Crippen molar-refractivity contribution in [3.8, 4) is 0 Å². The normalized spacial score (nSPS) is 12.9. The van der Waals surface area contributed by atoms with Gasteiger partial charge >= 0.3 is 0 Å². The Hall–Kier alpha value is -1.65. The molecule has 21 heavy (non-hydrogen) atoms. The minimum absolute atomic E-state index is 0.231. The van der Waals surface area contributed by atoms with E-state index in [1.54, 1.807) is 0 Å². The Bertz CT molecular complexity index is 741. The molecular weight excluding hydrogens is 278 g/mol. The molecule has 0 fully saturated rings. The van der Waals surface area contributed by atoms with Crippen LogP contribution in [0.1, 0.15) is 35.5 Å². The third-order valence-corrected chi connectivity index (χ3v) is 5.09. The van der Waals surface area contributed by atoms with Crippen LogP contribution < -0.4 is 5.32 Å². The summed E-state index contributed by atoms with van der Waals surface area (Å²) >= 11 is 1.89. The van der Waals surface area contributed by atoms with E-state index in [4.69, 9.17) is 4.98 Å². The van der Waals surface area contributed by atoms with Crippen molar-refractivity contribution in [1.29, 1.82) is 0 Å². The third kappa shape index (κ3) is 2.87. The predicted molar refractivity (Wildman–Crippen MR) is 89.7 cm³/mol. The molecule has 0 aliphatic heterocycles. The van der Waals surface area contributed by atoms with Gasteiger partial charge in [-0.15, -0.1) is 11.3 Å². The fourth-order valence-electron chi connectivity index (χ4n) is 2.60. The molecule has 2 aromatic heterocycles. The average Bonchev–Trinajstić information content (AvgIpc) is 3.10. The standard InChI is InChI=1S/C17H21N3S/c1-4-13-9-10-14(21-13)11-18-12(2)17-19-15-7-5-6-8-16(15)20(17)3/h5-10,12,18H,4,11H2,1-3H3. The highest BCUT2D eigenvalue weighted by molar-refractivity contribution is 7.11. The highest BCUT2D eigenvalue weighted by Gasteiger charge is 2.14. The van der Waals surface area contributed by atoms with E-state index in [1.165, 1.54) is 15.3 Å². The van der Waals surface area contributed by atoms with E-state index in [0.717, 1.165) is 24.3 Å². The number of fused-ring (bicyclic) bond motifs is 1. The van der Waals surface area contributed by atoms with Gasteiger partial charge in [0.1, 0.15) is 5.82 Å². The van der Waals surface area contributed by atoms with E-state index >= 15 is 0 Å². The molecule has 0 saturated carbocycles. The van der Waals surface area contributed by atoms with Crippen molar-refractivity contribution in [3.63, 3.8) is 0 Å². The highest BCUT2D eigenvalue weighted by Crippen LogP contribution is 2.21. The van der Waals surface area contributed by atoms with Crippen LogP contribution in [0.3, 0.4) is 0 Å². The number of hydrogen-bond donors (Lipinski definition) is 1. The first-order chi connectivity index (χ1) is 10.2. The van der Waals surface area contributed by atoms with Crippen LogP contribution in [0.4, 0.5) is 0 Å². The van der Waals surface area contributed by atoms with Crippen LogP contribution in [0.15, 0.2) is 36.4 Å². The molecule has 4 heteroatoms. The molecule has 0 amide bonds. The second-order valence-corrected chi connectivity index (χ2v) is 6.59. The van der Waals surface area contributed by atoms with Gasteiger partial charge < -0.3 is 9.88 Å². The Kier molecular flexibility index (Phi) is 4.08. The molecule has 3 nitrogen and oxygen atoms in total. The van der Waals surface area contributed by atoms with Crippen molar-refractivity contribution in [2.75, 3.05) is 0 Å². The summed E-state index contributed by atoms with van der Waals surface area (Å²) in [6.07, 6.45) is 1.12. The molecule has 0 spiro atoms. The van der Waals surface area contributed by atoms with Crippen LogP contribution >= 0.6 is 11.3 Å². The van der Waals surface area contributed by atoms with Gasteiger partial charge in [0.2, 0.25) is 0 Å². The number of imidazole rings is 1. The fourth-order valence-corrected chi connectivity index (χ4v) is 3.51. The molecule has 1 atom stereocenters. The van der Waals surface area contributed by atoms with Crippen molar-refractivity contribution >= 4 is 22.4 Å². The number of aromatic nitrogens is 2. The van der Waals surface area contributed by atoms with Crippen molar-refractivity contribution in [2.24, 2.45) is 7.05 Å². The van der Waals surface area contributed by atoms with Crippen molar-refractivity contribution in [2.45, 2.75) is 32.9 Å². The summed E-state index contributed by atoms with van der Waals surface area (Å²) < 4.78 is 2.18. The summed E-state index contributed by atoms with van der Waals surface area (Å²) in [5.41, 5.74) is 2.25. The molecule has 2 heterocycles. The molecule has 0 aliphatic rings. The van der Waals surface area contributed by atoms with Gasteiger partial charge in [-0.2, -0.15) is 0 Å². The van der Waals surface area contributed by atoms with E-state index in [9.17, 15) is 0 Å². The lowest BCUT2D eigenvalue weighted by Crippen LogP contribution is -2.20. The summed E-state index contributed by atoms with van der Waals surface area (Å²) in [7, 11) is 2.09. The van der Waals surface area contributed by atoms with E-state index in [1.807, 2.05) is 17.4 Å². The Morgan fingerprint density at radius 3 is 2.67 bits per heavy atom. The van der Waals surface area contributed by atoms with E-state index < -0.39 is 0 Å². The molecular formula is C17H21N3S. The maximum absolute atomic E-state index is 4.75. The van der Waals surface area contributed by atoms with Crippen LogP contribution in [0.2, 0.25) is 0 Å². The molecule has 1 aromatic carbocycles. The summed E-state index contributed by atoms with van der Waals surface area (Å²) in [6.45, 7) is 5.27. The number of thiophene rings is 1.